The van der Waals surface area contributed by atoms with Gasteiger partial charge in [0.1, 0.15) is 12.4 Å². The van der Waals surface area contributed by atoms with Gasteiger partial charge in [0.15, 0.2) is 11.6 Å². The number of amides is 1. The predicted molar refractivity (Wildman–Crippen MR) is 95.9 cm³/mol. The first kappa shape index (κ1) is 18.4. The monoisotopic (exact) mass is 343 g/mol. The lowest BCUT2D eigenvalue weighted by molar-refractivity contribution is 0.0951. The van der Waals surface area contributed by atoms with Crippen LogP contribution in [0.15, 0.2) is 42.5 Å². The van der Waals surface area contributed by atoms with Crippen LogP contribution in [0.5, 0.6) is 5.75 Å². The number of allylic oxidation sites excluding steroid dienone is 1. The summed E-state index contributed by atoms with van der Waals surface area (Å²) in [6.45, 7) is 4.12. The number of nitrogens with one attached hydrogen (secondary N) is 1. The van der Waals surface area contributed by atoms with E-state index >= 15 is 0 Å². The standard InChI is InChI=1S/C19H22FN3O2/c1-3-4-5-11-25-16-8-6-7-14(17(16)20)12-22-19(24)15-10-9-13(2)23-18(15)21/h4-10H,3,11-12H2,1-2H3,(H2,21,23)(H,22,24)/b5-4+. The Morgan fingerprint density at radius 3 is 2.84 bits per heavy atom. The van der Waals surface area contributed by atoms with Crippen molar-refractivity contribution in [2.75, 3.05) is 12.3 Å². The van der Waals surface area contributed by atoms with Crippen molar-refractivity contribution >= 4 is 11.7 Å². The van der Waals surface area contributed by atoms with Crippen LogP contribution in [0.3, 0.4) is 0 Å². The Hall–Kier alpha value is -2.89. The van der Waals surface area contributed by atoms with Gasteiger partial charge in [-0.05, 0) is 31.5 Å². The predicted octanol–water partition coefficient (Wildman–Crippen LogP) is 3.39. The third-order valence-electron chi connectivity index (χ3n) is 3.53. The molecule has 0 saturated heterocycles. The summed E-state index contributed by atoms with van der Waals surface area (Å²) >= 11 is 0. The number of rotatable bonds is 7. The number of hydrogen-bond acceptors (Lipinski definition) is 4. The maximum absolute atomic E-state index is 14.4. The lowest BCUT2D eigenvalue weighted by Gasteiger charge is -2.11. The number of carbonyl (C=O) groups excluding carboxylic acids is 1. The third kappa shape index (κ3) is 5.04. The number of anilines is 1. The molecular weight excluding hydrogens is 321 g/mol. The van der Waals surface area contributed by atoms with Gasteiger partial charge in [-0.25, -0.2) is 9.37 Å². The molecule has 0 atom stereocenters. The summed E-state index contributed by atoms with van der Waals surface area (Å²) in [4.78, 5) is 16.2. The summed E-state index contributed by atoms with van der Waals surface area (Å²) in [5.74, 6) is -0.578. The number of nitrogens with two attached hydrogens (primary N) is 1. The average molecular weight is 343 g/mol. The zero-order chi connectivity index (χ0) is 18.2. The van der Waals surface area contributed by atoms with E-state index < -0.39 is 11.7 Å². The number of ether oxygens (including phenoxy) is 1. The molecule has 1 amide bonds. The highest BCUT2D eigenvalue weighted by atomic mass is 19.1. The lowest BCUT2D eigenvalue weighted by Crippen LogP contribution is -2.24. The fourth-order valence-electron chi connectivity index (χ4n) is 2.22. The summed E-state index contributed by atoms with van der Waals surface area (Å²) in [5, 5.41) is 2.65. The van der Waals surface area contributed by atoms with Crippen molar-refractivity contribution in [1.82, 2.24) is 10.3 Å². The molecule has 25 heavy (non-hydrogen) atoms. The molecule has 2 rings (SSSR count). The maximum Gasteiger partial charge on any atom is 0.255 e. The highest BCUT2D eigenvalue weighted by molar-refractivity contribution is 5.98. The molecule has 2 aromatic rings. The number of nitrogen functional groups attached to an aromatic ring is 1. The molecule has 5 nitrogen and oxygen atoms in total. The van der Waals surface area contributed by atoms with Crippen molar-refractivity contribution in [3.63, 3.8) is 0 Å². The second-order valence-corrected chi connectivity index (χ2v) is 5.49. The molecule has 1 aromatic carbocycles. The Labute approximate surface area is 146 Å². The Kier molecular flexibility index (Phi) is 6.51. The summed E-state index contributed by atoms with van der Waals surface area (Å²) in [6.07, 6.45) is 4.68. The van der Waals surface area contributed by atoms with E-state index in [-0.39, 0.29) is 23.7 Å². The molecule has 0 saturated carbocycles. The Balaban J connectivity index is 2.02. The molecular formula is C19H22FN3O2. The normalized spacial score (nSPS) is 10.8. The van der Waals surface area contributed by atoms with E-state index in [0.29, 0.717) is 12.2 Å². The van der Waals surface area contributed by atoms with E-state index in [0.717, 1.165) is 12.1 Å². The van der Waals surface area contributed by atoms with Gasteiger partial charge in [-0.2, -0.15) is 0 Å². The minimum atomic E-state index is -0.484. The Bertz CT molecular complexity index is 775. The second kappa shape index (κ2) is 8.82. The first-order valence-electron chi connectivity index (χ1n) is 8.09. The van der Waals surface area contributed by atoms with Crippen LogP contribution in [-0.2, 0) is 6.54 Å². The zero-order valence-electron chi connectivity index (χ0n) is 14.4. The molecule has 0 fully saturated rings. The Morgan fingerprint density at radius 1 is 1.32 bits per heavy atom. The number of pyridine rings is 1. The van der Waals surface area contributed by atoms with Crippen molar-refractivity contribution in [2.24, 2.45) is 0 Å². The van der Waals surface area contributed by atoms with E-state index in [1.807, 2.05) is 19.1 Å². The molecule has 0 aliphatic carbocycles. The minimum absolute atomic E-state index is 0.0278. The number of aryl methyl sites for hydroxylation is 1. The first-order valence-corrected chi connectivity index (χ1v) is 8.09. The van der Waals surface area contributed by atoms with E-state index in [1.54, 1.807) is 37.3 Å². The van der Waals surface area contributed by atoms with Gasteiger partial charge in [0.25, 0.3) is 5.91 Å². The fourth-order valence-corrected chi connectivity index (χ4v) is 2.22. The highest BCUT2D eigenvalue weighted by Crippen LogP contribution is 2.20. The SMILES string of the molecule is CC/C=C/COc1cccc(CNC(=O)c2ccc(C)nc2N)c1F. The van der Waals surface area contributed by atoms with Gasteiger partial charge in [-0.3, -0.25) is 4.79 Å². The van der Waals surface area contributed by atoms with E-state index in [1.165, 1.54) is 0 Å². The zero-order valence-corrected chi connectivity index (χ0v) is 14.4. The smallest absolute Gasteiger partial charge is 0.255 e. The van der Waals surface area contributed by atoms with Crippen LogP contribution in [0.25, 0.3) is 0 Å². The Morgan fingerprint density at radius 2 is 2.12 bits per heavy atom. The van der Waals surface area contributed by atoms with Crippen molar-refractivity contribution in [2.45, 2.75) is 26.8 Å². The summed E-state index contributed by atoms with van der Waals surface area (Å²) < 4.78 is 19.8. The number of hydrogen-bond donors (Lipinski definition) is 2. The van der Waals surface area contributed by atoms with Crippen LogP contribution in [0.1, 0.15) is 35.0 Å². The largest absolute Gasteiger partial charge is 0.486 e. The van der Waals surface area contributed by atoms with Crippen LogP contribution >= 0.6 is 0 Å². The molecule has 6 heteroatoms. The molecule has 0 spiro atoms. The summed E-state index contributed by atoms with van der Waals surface area (Å²) in [5.41, 5.74) is 7.08. The molecule has 0 unspecified atom stereocenters. The average Bonchev–Trinajstić information content (AvgIpc) is 2.58. The summed E-state index contributed by atoms with van der Waals surface area (Å²) in [7, 11) is 0. The van der Waals surface area contributed by atoms with Crippen molar-refractivity contribution in [3.05, 3.63) is 65.1 Å². The van der Waals surface area contributed by atoms with Gasteiger partial charge in [0, 0.05) is 17.8 Å². The number of aromatic nitrogens is 1. The van der Waals surface area contributed by atoms with Crippen LogP contribution < -0.4 is 15.8 Å². The van der Waals surface area contributed by atoms with Gasteiger partial charge < -0.3 is 15.8 Å². The molecule has 0 radical (unpaired) electrons. The molecule has 1 heterocycles. The molecule has 132 valence electrons. The molecule has 0 aliphatic heterocycles. The minimum Gasteiger partial charge on any atom is -0.486 e. The number of benzene rings is 1. The third-order valence-corrected chi connectivity index (χ3v) is 3.53. The van der Waals surface area contributed by atoms with Gasteiger partial charge in [0.2, 0.25) is 0 Å². The van der Waals surface area contributed by atoms with Crippen LogP contribution in [0.4, 0.5) is 10.2 Å². The molecule has 1 aromatic heterocycles. The quantitative estimate of drug-likeness (QED) is 0.756. The lowest BCUT2D eigenvalue weighted by atomic mass is 10.1. The molecule has 0 aliphatic rings. The topological polar surface area (TPSA) is 77.2 Å². The van der Waals surface area contributed by atoms with Crippen LogP contribution in [-0.4, -0.2) is 17.5 Å². The van der Waals surface area contributed by atoms with Crippen molar-refractivity contribution < 1.29 is 13.9 Å². The number of nitrogens with zero attached hydrogens (tertiary/aromatic N) is 1. The van der Waals surface area contributed by atoms with Gasteiger partial charge >= 0.3 is 0 Å². The number of carbonyl (C=O) groups is 1. The van der Waals surface area contributed by atoms with Gasteiger partial charge in [-0.15, -0.1) is 0 Å². The van der Waals surface area contributed by atoms with Gasteiger partial charge in [-0.1, -0.05) is 31.2 Å². The van der Waals surface area contributed by atoms with E-state index in [4.69, 9.17) is 10.5 Å². The maximum atomic E-state index is 14.4. The number of halogens is 1. The fraction of sp³-hybridized carbons (Fsp3) is 0.263. The van der Waals surface area contributed by atoms with E-state index in [2.05, 4.69) is 10.3 Å². The van der Waals surface area contributed by atoms with Crippen molar-refractivity contribution in [1.29, 1.82) is 0 Å². The second-order valence-electron chi connectivity index (χ2n) is 5.49. The van der Waals surface area contributed by atoms with Crippen molar-refractivity contribution in [3.8, 4) is 5.75 Å². The van der Waals surface area contributed by atoms with Crippen LogP contribution in [0.2, 0.25) is 0 Å². The molecule has 3 N–H and O–H groups in total. The van der Waals surface area contributed by atoms with Crippen LogP contribution in [0, 0.1) is 12.7 Å². The molecule has 0 bridgehead atoms. The van der Waals surface area contributed by atoms with E-state index in [9.17, 15) is 9.18 Å². The summed E-state index contributed by atoms with van der Waals surface area (Å²) in [6, 6.07) is 8.14. The van der Waals surface area contributed by atoms with Gasteiger partial charge in [0.05, 0.1) is 5.56 Å². The first-order chi connectivity index (χ1) is 12.0. The highest BCUT2D eigenvalue weighted by Gasteiger charge is 2.13.